The molecule has 0 fully saturated rings. The number of nitrogens with one attached hydrogen (secondary N) is 1. The Labute approximate surface area is 82.5 Å². The SMILES string of the molecule is C#CCC(=O)N(C)Cc1n[nH]c(C)n1. The Bertz CT molecular complexity index is 363. The average Bonchev–Trinajstić information content (AvgIpc) is 2.51. The van der Waals surface area contributed by atoms with Gasteiger partial charge in [-0.25, -0.2) is 4.98 Å². The molecular weight excluding hydrogens is 180 g/mol. The molecule has 0 atom stereocenters. The van der Waals surface area contributed by atoms with Gasteiger partial charge in [-0.05, 0) is 6.92 Å². The maximum Gasteiger partial charge on any atom is 0.234 e. The maximum atomic E-state index is 11.3. The molecule has 0 unspecified atom stereocenters. The maximum absolute atomic E-state index is 11.3. The fraction of sp³-hybridized carbons (Fsp3) is 0.444. The van der Waals surface area contributed by atoms with Crippen molar-refractivity contribution in [1.29, 1.82) is 0 Å². The number of carbonyl (C=O) groups excluding carboxylic acids is 1. The van der Waals surface area contributed by atoms with Crippen molar-refractivity contribution in [2.24, 2.45) is 0 Å². The second-order valence-corrected chi connectivity index (χ2v) is 2.97. The van der Waals surface area contributed by atoms with Crippen LogP contribution >= 0.6 is 0 Å². The van der Waals surface area contributed by atoms with Gasteiger partial charge in [0.2, 0.25) is 5.91 Å². The molecule has 0 radical (unpaired) electrons. The lowest BCUT2D eigenvalue weighted by atomic mass is 10.4. The summed E-state index contributed by atoms with van der Waals surface area (Å²) in [5, 5.41) is 6.62. The van der Waals surface area contributed by atoms with Crippen LogP contribution in [-0.2, 0) is 11.3 Å². The number of hydrogen-bond donors (Lipinski definition) is 1. The van der Waals surface area contributed by atoms with Crippen LogP contribution in [0.25, 0.3) is 0 Å². The Balaban J connectivity index is 2.53. The zero-order valence-electron chi connectivity index (χ0n) is 8.24. The molecule has 5 heteroatoms. The molecule has 14 heavy (non-hydrogen) atoms. The van der Waals surface area contributed by atoms with Gasteiger partial charge < -0.3 is 4.90 Å². The quantitative estimate of drug-likeness (QED) is 0.691. The van der Waals surface area contributed by atoms with Gasteiger partial charge in [0.05, 0.1) is 13.0 Å². The number of terminal acetylenes is 1. The van der Waals surface area contributed by atoms with Gasteiger partial charge in [-0.3, -0.25) is 9.89 Å². The van der Waals surface area contributed by atoms with E-state index >= 15 is 0 Å². The van der Waals surface area contributed by atoms with E-state index in [9.17, 15) is 4.79 Å². The minimum Gasteiger partial charge on any atom is -0.337 e. The molecule has 0 aromatic carbocycles. The number of aromatic amines is 1. The minimum absolute atomic E-state index is 0.102. The molecule has 1 rings (SSSR count). The van der Waals surface area contributed by atoms with E-state index in [1.165, 1.54) is 4.90 Å². The highest BCUT2D eigenvalue weighted by atomic mass is 16.2. The highest BCUT2D eigenvalue weighted by molar-refractivity contribution is 5.78. The Morgan fingerprint density at radius 2 is 2.43 bits per heavy atom. The molecule has 1 heterocycles. The van der Waals surface area contributed by atoms with E-state index in [2.05, 4.69) is 21.1 Å². The van der Waals surface area contributed by atoms with E-state index < -0.39 is 0 Å². The van der Waals surface area contributed by atoms with Crippen LogP contribution in [0.3, 0.4) is 0 Å². The van der Waals surface area contributed by atoms with Gasteiger partial charge in [-0.15, -0.1) is 6.42 Å². The molecule has 0 aliphatic rings. The van der Waals surface area contributed by atoms with Gasteiger partial charge in [-0.1, -0.05) is 5.92 Å². The summed E-state index contributed by atoms with van der Waals surface area (Å²) in [6.45, 7) is 2.19. The Morgan fingerprint density at radius 3 is 2.93 bits per heavy atom. The van der Waals surface area contributed by atoms with E-state index in [0.29, 0.717) is 12.4 Å². The third-order valence-corrected chi connectivity index (χ3v) is 1.70. The van der Waals surface area contributed by atoms with Crippen molar-refractivity contribution in [3.63, 3.8) is 0 Å². The van der Waals surface area contributed by atoms with Crippen molar-refractivity contribution in [3.8, 4) is 12.3 Å². The largest absolute Gasteiger partial charge is 0.337 e. The van der Waals surface area contributed by atoms with Gasteiger partial charge in [0.1, 0.15) is 5.82 Å². The first-order valence-corrected chi connectivity index (χ1v) is 4.18. The Hall–Kier alpha value is -1.83. The minimum atomic E-state index is -0.102. The molecule has 0 aliphatic heterocycles. The second kappa shape index (κ2) is 4.42. The van der Waals surface area contributed by atoms with Crippen molar-refractivity contribution >= 4 is 5.91 Å². The van der Waals surface area contributed by atoms with Crippen LogP contribution in [0.2, 0.25) is 0 Å². The van der Waals surface area contributed by atoms with Crippen LogP contribution < -0.4 is 0 Å². The summed E-state index contributed by atoms with van der Waals surface area (Å²) in [4.78, 5) is 16.9. The smallest absolute Gasteiger partial charge is 0.234 e. The molecule has 0 spiro atoms. The van der Waals surface area contributed by atoms with Crippen LogP contribution in [0.15, 0.2) is 0 Å². The van der Waals surface area contributed by atoms with Crippen LogP contribution in [-0.4, -0.2) is 33.0 Å². The van der Waals surface area contributed by atoms with Gasteiger partial charge in [0, 0.05) is 7.05 Å². The third-order valence-electron chi connectivity index (χ3n) is 1.70. The zero-order valence-corrected chi connectivity index (χ0v) is 8.24. The lowest BCUT2D eigenvalue weighted by Gasteiger charge is -2.12. The predicted molar refractivity (Wildman–Crippen MR) is 51.0 cm³/mol. The number of nitrogens with zero attached hydrogens (tertiary/aromatic N) is 3. The predicted octanol–water partition coefficient (Wildman–Crippen LogP) is 0.0948. The monoisotopic (exact) mass is 192 g/mol. The van der Waals surface area contributed by atoms with Gasteiger partial charge in [0.25, 0.3) is 0 Å². The second-order valence-electron chi connectivity index (χ2n) is 2.97. The van der Waals surface area contributed by atoms with E-state index in [1.807, 2.05) is 0 Å². The van der Waals surface area contributed by atoms with Crippen LogP contribution in [0, 0.1) is 19.3 Å². The van der Waals surface area contributed by atoms with Crippen LogP contribution in [0.1, 0.15) is 18.1 Å². The normalized spacial score (nSPS) is 9.50. The summed E-state index contributed by atoms with van der Waals surface area (Å²) in [7, 11) is 1.67. The summed E-state index contributed by atoms with van der Waals surface area (Å²) < 4.78 is 0. The number of aryl methyl sites for hydroxylation is 1. The number of rotatable bonds is 3. The van der Waals surface area contributed by atoms with Crippen molar-refractivity contribution in [3.05, 3.63) is 11.6 Å². The van der Waals surface area contributed by atoms with Crippen molar-refractivity contribution in [2.75, 3.05) is 7.05 Å². The highest BCUT2D eigenvalue weighted by Gasteiger charge is 2.09. The molecule has 1 N–H and O–H groups in total. The number of carbonyl (C=O) groups is 1. The molecule has 0 saturated heterocycles. The van der Waals surface area contributed by atoms with Gasteiger partial charge in [0.15, 0.2) is 5.82 Å². The molecule has 0 saturated carbocycles. The molecule has 5 nitrogen and oxygen atoms in total. The third kappa shape index (κ3) is 2.59. The highest BCUT2D eigenvalue weighted by Crippen LogP contribution is 1.98. The fourth-order valence-corrected chi connectivity index (χ4v) is 0.982. The molecule has 0 bridgehead atoms. The van der Waals surface area contributed by atoms with Gasteiger partial charge >= 0.3 is 0 Å². The molecule has 1 amide bonds. The Kier molecular flexibility index (Phi) is 3.24. The number of hydrogen-bond acceptors (Lipinski definition) is 3. The van der Waals surface area contributed by atoms with Crippen molar-refractivity contribution in [2.45, 2.75) is 19.9 Å². The van der Waals surface area contributed by atoms with Crippen LogP contribution in [0.5, 0.6) is 0 Å². The Morgan fingerprint density at radius 1 is 1.71 bits per heavy atom. The fourth-order valence-electron chi connectivity index (χ4n) is 0.982. The van der Waals surface area contributed by atoms with E-state index in [-0.39, 0.29) is 12.3 Å². The standard InChI is InChI=1S/C9H12N4O/c1-4-5-9(14)13(3)6-8-10-7(2)11-12-8/h1H,5-6H2,2-3H3,(H,10,11,12). The zero-order chi connectivity index (χ0) is 10.6. The van der Waals surface area contributed by atoms with Crippen molar-refractivity contribution < 1.29 is 4.79 Å². The molecule has 74 valence electrons. The summed E-state index contributed by atoms with van der Waals surface area (Å²) in [6, 6.07) is 0. The molecular formula is C9H12N4O. The van der Waals surface area contributed by atoms with Crippen molar-refractivity contribution in [1.82, 2.24) is 20.1 Å². The lowest BCUT2D eigenvalue weighted by Crippen LogP contribution is -2.26. The van der Waals surface area contributed by atoms with Crippen LogP contribution in [0.4, 0.5) is 0 Å². The first-order chi connectivity index (χ1) is 6.63. The molecule has 1 aromatic heterocycles. The average molecular weight is 192 g/mol. The number of amides is 1. The molecule has 0 aliphatic carbocycles. The summed E-state index contributed by atoms with van der Waals surface area (Å²) in [6.07, 6.45) is 5.14. The van der Waals surface area contributed by atoms with E-state index in [4.69, 9.17) is 6.42 Å². The molecule has 1 aromatic rings. The lowest BCUT2D eigenvalue weighted by molar-refractivity contribution is -0.129. The first-order valence-electron chi connectivity index (χ1n) is 4.18. The van der Waals surface area contributed by atoms with E-state index in [0.717, 1.165) is 5.82 Å². The first kappa shape index (κ1) is 10.3. The summed E-state index contributed by atoms with van der Waals surface area (Å²) in [5.41, 5.74) is 0. The number of H-pyrrole nitrogens is 1. The topological polar surface area (TPSA) is 61.9 Å². The number of aromatic nitrogens is 3. The van der Waals surface area contributed by atoms with E-state index in [1.54, 1.807) is 14.0 Å². The summed E-state index contributed by atoms with van der Waals surface area (Å²) in [5.74, 6) is 3.52. The summed E-state index contributed by atoms with van der Waals surface area (Å²) >= 11 is 0. The van der Waals surface area contributed by atoms with Gasteiger partial charge in [-0.2, -0.15) is 5.10 Å².